The Morgan fingerprint density at radius 3 is 2.00 bits per heavy atom. The van der Waals surface area contributed by atoms with Crippen LogP contribution in [0.25, 0.3) is 0 Å². The Labute approximate surface area is 66.0 Å². The van der Waals surface area contributed by atoms with Gasteiger partial charge in [0.05, 0.1) is 6.61 Å². The van der Waals surface area contributed by atoms with Crippen LogP contribution in [0.4, 0.5) is 0 Å². The molecule has 0 spiro atoms. The Kier molecular flexibility index (Phi) is 11.6. The molecule has 0 heterocycles. The summed E-state index contributed by atoms with van der Waals surface area (Å²) in [5.74, 6) is 0. The summed E-state index contributed by atoms with van der Waals surface area (Å²) in [4.78, 5) is 15.9. The second-order valence-corrected chi connectivity index (χ2v) is 1.43. The van der Waals surface area contributed by atoms with E-state index in [1.807, 2.05) is 0 Å². The van der Waals surface area contributed by atoms with E-state index in [0.29, 0.717) is 6.61 Å². The molecule has 0 saturated heterocycles. The maximum Gasteiger partial charge on any atom is 1.00 e. The molecule has 0 unspecified atom stereocenters. The van der Waals surface area contributed by atoms with Gasteiger partial charge in [-0.05, 0) is 6.92 Å². The first-order valence-electron chi connectivity index (χ1n) is 1.58. The van der Waals surface area contributed by atoms with Gasteiger partial charge in [0, 0.05) is 0 Å². The molecule has 0 atom stereocenters. The van der Waals surface area contributed by atoms with Crippen molar-refractivity contribution in [3.05, 3.63) is 0 Å². The second kappa shape index (κ2) is 7.31. The molecule has 0 aromatic rings. The minimum Gasteiger partial charge on any atom is -0.328 e. The molecule has 7 heavy (non-hydrogen) atoms. The van der Waals surface area contributed by atoms with Crippen LogP contribution in [0.15, 0.2) is 0 Å². The van der Waals surface area contributed by atoms with Gasteiger partial charge in [0.2, 0.25) is 0 Å². The second-order valence-electron chi connectivity index (χ2n) is 0.671. The van der Waals surface area contributed by atoms with Crippen molar-refractivity contribution in [2.24, 2.45) is 0 Å². The van der Waals surface area contributed by atoms with Gasteiger partial charge in [0.15, 0.2) is 0 Å². The van der Waals surface area contributed by atoms with Gasteiger partial charge >= 0.3 is 38.2 Å². The van der Waals surface area contributed by atoms with Gasteiger partial charge in [-0.1, -0.05) is 0 Å². The summed E-state index contributed by atoms with van der Waals surface area (Å²) >= 11 is 0. The van der Waals surface area contributed by atoms with Crippen LogP contribution in [0.3, 0.4) is 0 Å². The van der Waals surface area contributed by atoms with Crippen LogP contribution in [0.1, 0.15) is 6.92 Å². The summed E-state index contributed by atoms with van der Waals surface area (Å²) in [5, 5.41) is 0. The topological polar surface area (TPSA) is 49.7 Å². The summed E-state index contributed by atoms with van der Waals surface area (Å²) in [6, 6.07) is 0. The third kappa shape index (κ3) is 11.1. The van der Waals surface area contributed by atoms with Gasteiger partial charge in [-0.2, -0.15) is 0 Å². The fourth-order valence-corrected chi connectivity index (χ4v) is 0.346. The van der Waals surface area contributed by atoms with Crippen molar-refractivity contribution in [2.45, 2.75) is 6.92 Å². The quantitative estimate of drug-likeness (QED) is 0.317. The molecule has 3 nitrogen and oxygen atoms in total. The Morgan fingerprint density at radius 2 is 2.00 bits per heavy atom. The molecule has 0 fully saturated rings. The number of hydrogen-bond acceptors (Lipinski definition) is 3. The predicted molar refractivity (Wildman–Crippen MR) is 23.0 cm³/mol. The first-order chi connectivity index (χ1) is 2.77. The van der Waals surface area contributed by atoms with Crippen molar-refractivity contribution in [1.82, 2.24) is 0 Å². The molecule has 0 saturated carbocycles. The minimum atomic E-state index is -2.10. The molecule has 5 heteroatoms. The molecule has 0 aromatic heterocycles. The van der Waals surface area contributed by atoms with Crippen LogP contribution in [0.5, 0.6) is 0 Å². The fourth-order valence-electron chi connectivity index (χ4n) is 0.115. The third-order valence-electron chi connectivity index (χ3n) is 0.245. The van der Waals surface area contributed by atoms with E-state index < -0.39 is 8.60 Å². The summed E-state index contributed by atoms with van der Waals surface area (Å²) in [7, 11) is -2.10. The maximum absolute atomic E-state index is 7.95. The van der Waals surface area contributed by atoms with Crippen molar-refractivity contribution in [3.8, 4) is 0 Å². The van der Waals surface area contributed by atoms with Crippen LogP contribution < -0.4 is 29.6 Å². The molecule has 0 rings (SSSR count). The summed E-state index contributed by atoms with van der Waals surface area (Å²) in [5.41, 5.74) is 0. The summed E-state index contributed by atoms with van der Waals surface area (Å²) in [6.45, 7) is 2.06. The van der Waals surface area contributed by atoms with Gasteiger partial charge in [-0.15, -0.1) is 0 Å². The minimum absolute atomic E-state index is 0. The Balaban J connectivity index is 0. The van der Waals surface area contributed by atoms with E-state index >= 15 is 0 Å². The van der Waals surface area contributed by atoms with E-state index in [2.05, 4.69) is 4.52 Å². The van der Waals surface area contributed by atoms with Gasteiger partial charge in [-0.3, -0.25) is 0 Å². The van der Waals surface area contributed by atoms with Crippen molar-refractivity contribution in [2.75, 3.05) is 6.61 Å². The first-order valence-corrected chi connectivity index (χ1v) is 2.74. The molecular formula is C2H7NaO3P+. The zero-order valence-electron chi connectivity index (χ0n) is 4.46. The number of hydrogen-bond donors (Lipinski definition) is 2. The number of rotatable bonds is 2. The zero-order valence-corrected chi connectivity index (χ0v) is 7.35. The fraction of sp³-hybridized carbons (Fsp3) is 1.00. The van der Waals surface area contributed by atoms with Crippen molar-refractivity contribution >= 4 is 8.60 Å². The molecule has 0 aliphatic heterocycles. The van der Waals surface area contributed by atoms with E-state index in [1.165, 1.54) is 0 Å². The van der Waals surface area contributed by atoms with Crippen LogP contribution in [0.2, 0.25) is 0 Å². The van der Waals surface area contributed by atoms with Crippen LogP contribution in [-0.4, -0.2) is 16.4 Å². The maximum atomic E-state index is 7.95. The van der Waals surface area contributed by atoms with E-state index in [-0.39, 0.29) is 29.6 Å². The van der Waals surface area contributed by atoms with E-state index in [1.54, 1.807) is 6.92 Å². The summed E-state index contributed by atoms with van der Waals surface area (Å²) in [6.07, 6.45) is 0. The van der Waals surface area contributed by atoms with Crippen molar-refractivity contribution in [1.29, 1.82) is 0 Å². The molecule has 38 valence electrons. The zero-order chi connectivity index (χ0) is 4.99. The van der Waals surface area contributed by atoms with Gasteiger partial charge < -0.3 is 14.3 Å². The SMILES string of the molecule is CCOP(O)O.[Na+]. The monoisotopic (exact) mass is 133 g/mol. The van der Waals surface area contributed by atoms with Crippen LogP contribution >= 0.6 is 8.60 Å². The molecule has 0 aliphatic carbocycles. The Morgan fingerprint density at radius 1 is 1.57 bits per heavy atom. The Bertz CT molecular complexity index is 34.1. The van der Waals surface area contributed by atoms with Crippen molar-refractivity contribution in [3.63, 3.8) is 0 Å². The predicted octanol–water partition coefficient (Wildman–Crippen LogP) is -2.76. The van der Waals surface area contributed by atoms with E-state index in [9.17, 15) is 0 Å². The molecule has 0 aliphatic rings. The average molecular weight is 133 g/mol. The van der Waals surface area contributed by atoms with Gasteiger partial charge in [0.25, 0.3) is 0 Å². The molecule has 0 aromatic carbocycles. The molecule has 0 amide bonds. The third-order valence-corrected chi connectivity index (χ3v) is 0.734. The van der Waals surface area contributed by atoms with Gasteiger partial charge in [-0.25, -0.2) is 0 Å². The standard InChI is InChI=1S/C2H7O3P.Na/c1-2-5-6(3)4;/h3-4H,2H2,1H3;/q;+1. The van der Waals surface area contributed by atoms with Crippen LogP contribution in [-0.2, 0) is 4.52 Å². The van der Waals surface area contributed by atoms with Gasteiger partial charge in [0.1, 0.15) is 0 Å². The first kappa shape index (κ1) is 11.2. The molecule has 2 N–H and O–H groups in total. The summed E-state index contributed by atoms with van der Waals surface area (Å²) < 4.78 is 4.22. The largest absolute Gasteiger partial charge is 1.00 e. The van der Waals surface area contributed by atoms with Crippen molar-refractivity contribution < 1.29 is 43.9 Å². The molecular weight excluding hydrogens is 126 g/mol. The van der Waals surface area contributed by atoms with E-state index in [0.717, 1.165) is 0 Å². The molecule has 0 radical (unpaired) electrons. The average Bonchev–Trinajstić information content (AvgIpc) is 1.35. The Hall–Kier alpha value is 1.31. The van der Waals surface area contributed by atoms with E-state index in [4.69, 9.17) is 9.79 Å². The normalized spacial score (nSPS) is 8.57. The smallest absolute Gasteiger partial charge is 0.328 e. The molecule has 0 bridgehead atoms. The van der Waals surface area contributed by atoms with Crippen LogP contribution in [0, 0.1) is 0 Å².